The van der Waals surface area contributed by atoms with Crippen LogP contribution in [-0.2, 0) is 11.2 Å². The first-order chi connectivity index (χ1) is 18.1. The van der Waals surface area contributed by atoms with Gasteiger partial charge in [-0.1, -0.05) is 25.1 Å². The number of nitrogens with zero attached hydrogens (tertiary/aromatic N) is 4. The third kappa shape index (κ3) is 7.29. The number of allylic oxidation sites excluding steroid dienone is 2. The number of aliphatic hydroxyl groups excluding tert-OH is 2. The van der Waals surface area contributed by atoms with Gasteiger partial charge in [-0.3, -0.25) is 4.79 Å². The Morgan fingerprint density at radius 3 is 2.30 bits per heavy atom. The number of aromatic nitrogens is 2. The number of carbonyl (C=O) groups excluding carboxylic acids is 1. The molecule has 1 amide bonds. The third-order valence-corrected chi connectivity index (χ3v) is 7.52. The molecule has 1 unspecified atom stereocenters. The van der Waals surface area contributed by atoms with Crippen LogP contribution in [0.1, 0.15) is 50.2 Å². The van der Waals surface area contributed by atoms with E-state index >= 15 is 0 Å². The molecule has 2 N–H and O–H groups in total. The first-order valence-electron chi connectivity index (χ1n) is 13.6. The minimum absolute atomic E-state index is 0.0231. The van der Waals surface area contributed by atoms with Crippen LogP contribution in [0.5, 0.6) is 5.75 Å². The fourth-order valence-corrected chi connectivity index (χ4v) is 5.13. The summed E-state index contributed by atoms with van der Waals surface area (Å²) in [5.41, 5.74) is 3.59. The summed E-state index contributed by atoms with van der Waals surface area (Å²) in [4.78, 5) is 25.6. The zero-order valence-corrected chi connectivity index (χ0v) is 21.9. The maximum atomic E-state index is 12.7. The van der Waals surface area contributed by atoms with Crippen molar-refractivity contribution >= 4 is 17.4 Å². The second-order valence-corrected chi connectivity index (χ2v) is 9.98. The summed E-state index contributed by atoms with van der Waals surface area (Å²) in [7, 11) is 0. The fraction of sp³-hybridized carbons (Fsp3) is 0.552. The van der Waals surface area contributed by atoms with E-state index in [-0.39, 0.29) is 38.1 Å². The van der Waals surface area contributed by atoms with Crippen molar-refractivity contribution in [3.05, 3.63) is 53.9 Å². The van der Waals surface area contributed by atoms with Crippen molar-refractivity contribution < 1.29 is 19.7 Å². The molecule has 0 saturated carbocycles. The van der Waals surface area contributed by atoms with E-state index in [1.807, 2.05) is 24.5 Å². The van der Waals surface area contributed by atoms with Crippen molar-refractivity contribution in [3.8, 4) is 5.75 Å². The number of amides is 1. The fourth-order valence-electron chi connectivity index (χ4n) is 5.13. The zero-order chi connectivity index (χ0) is 26.0. The molecule has 200 valence electrons. The van der Waals surface area contributed by atoms with Gasteiger partial charge in [-0.05, 0) is 73.3 Å². The number of benzene rings is 1. The van der Waals surface area contributed by atoms with E-state index in [4.69, 9.17) is 4.74 Å². The lowest BCUT2D eigenvalue weighted by Crippen LogP contribution is -2.40. The maximum absolute atomic E-state index is 12.7. The Morgan fingerprint density at radius 1 is 1.05 bits per heavy atom. The van der Waals surface area contributed by atoms with Crippen LogP contribution in [0.25, 0.3) is 5.57 Å². The predicted molar refractivity (Wildman–Crippen MR) is 144 cm³/mol. The molecule has 1 aromatic heterocycles. The molecule has 0 radical (unpaired) electrons. The number of carbonyl (C=O) groups is 1. The van der Waals surface area contributed by atoms with Crippen LogP contribution in [0.4, 0.5) is 5.95 Å². The molecular weight excluding hydrogens is 468 g/mol. The lowest BCUT2D eigenvalue weighted by molar-refractivity contribution is -0.136. The number of aryl methyl sites for hydroxylation is 1. The SMILES string of the molecule is CCc1cnc(N2CCC(COc3ccc(C4=CCC(C(=O)N(CCO)CCO)CC4)cc3)CC2)nc1. The van der Waals surface area contributed by atoms with Crippen LogP contribution in [0.2, 0.25) is 0 Å². The molecule has 1 aliphatic heterocycles. The molecule has 8 nitrogen and oxygen atoms in total. The Labute approximate surface area is 220 Å². The first kappa shape index (κ1) is 27.1. The van der Waals surface area contributed by atoms with Crippen LogP contribution < -0.4 is 9.64 Å². The summed E-state index contributed by atoms with van der Waals surface area (Å²) in [6.45, 7) is 5.10. The van der Waals surface area contributed by atoms with Crippen molar-refractivity contribution in [1.82, 2.24) is 14.9 Å². The van der Waals surface area contributed by atoms with E-state index in [0.29, 0.717) is 18.9 Å². The van der Waals surface area contributed by atoms with Crippen LogP contribution in [0.3, 0.4) is 0 Å². The molecule has 1 aromatic carbocycles. The summed E-state index contributed by atoms with van der Waals surface area (Å²) in [5.74, 6) is 2.18. The molecule has 1 aliphatic carbocycles. The Bertz CT molecular complexity index is 1010. The van der Waals surface area contributed by atoms with E-state index in [1.54, 1.807) is 4.90 Å². The van der Waals surface area contributed by atoms with Gasteiger partial charge in [-0.15, -0.1) is 0 Å². The molecule has 2 aromatic rings. The second-order valence-electron chi connectivity index (χ2n) is 9.98. The van der Waals surface area contributed by atoms with E-state index in [2.05, 4.69) is 40.0 Å². The van der Waals surface area contributed by atoms with Crippen LogP contribution >= 0.6 is 0 Å². The van der Waals surface area contributed by atoms with Crippen molar-refractivity contribution in [1.29, 1.82) is 0 Å². The molecule has 4 rings (SSSR count). The molecule has 8 heteroatoms. The minimum atomic E-state index is -0.0877. The van der Waals surface area contributed by atoms with Crippen LogP contribution in [0.15, 0.2) is 42.7 Å². The average molecular weight is 509 g/mol. The smallest absolute Gasteiger partial charge is 0.226 e. The topological polar surface area (TPSA) is 99.0 Å². The number of anilines is 1. The summed E-state index contributed by atoms with van der Waals surface area (Å²) in [5, 5.41) is 18.4. The molecule has 0 spiro atoms. The van der Waals surface area contributed by atoms with E-state index in [1.165, 1.54) is 11.1 Å². The first-order valence-corrected chi connectivity index (χ1v) is 13.6. The monoisotopic (exact) mass is 508 g/mol. The van der Waals surface area contributed by atoms with Gasteiger partial charge in [0, 0.05) is 44.5 Å². The van der Waals surface area contributed by atoms with Crippen molar-refractivity contribution in [3.63, 3.8) is 0 Å². The summed E-state index contributed by atoms with van der Waals surface area (Å²) >= 11 is 0. The highest BCUT2D eigenvalue weighted by molar-refractivity contribution is 5.80. The molecule has 2 heterocycles. The van der Waals surface area contributed by atoms with Crippen LogP contribution in [0, 0.1) is 11.8 Å². The summed E-state index contributed by atoms with van der Waals surface area (Å²) in [6.07, 6.45) is 11.4. The summed E-state index contributed by atoms with van der Waals surface area (Å²) < 4.78 is 6.12. The van der Waals surface area contributed by atoms with Crippen molar-refractivity contribution in [2.75, 3.05) is 50.9 Å². The molecule has 1 atom stereocenters. The van der Waals surface area contributed by atoms with Gasteiger partial charge < -0.3 is 24.7 Å². The lowest BCUT2D eigenvalue weighted by atomic mass is 9.85. The average Bonchev–Trinajstić information content (AvgIpc) is 2.96. The Balaban J connectivity index is 1.22. The van der Waals surface area contributed by atoms with Gasteiger partial charge >= 0.3 is 0 Å². The van der Waals surface area contributed by atoms with E-state index < -0.39 is 0 Å². The number of hydrogen-bond donors (Lipinski definition) is 2. The second kappa shape index (κ2) is 13.5. The Morgan fingerprint density at radius 2 is 1.73 bits per heavy atom. The van der Waals surface area contributed by atoms with Gasteiger partial charge in [0.25, 0.3) is 0 Å². The number of rotatable bonds is 11. The standard InChI is InChI=1S/C29H40N4O4/c1-2-22-19-30-29(31-20-22)33-13-11-23(12-14-33)21-37-27-9-7-25(8-10-27)24-3-5-26(6-4-24)28(36)32(15-17-34)16-18-35/h3,7-10,19-20,23,26,34-35H,2,4-6,11-18,21H2,1H3. The molecule has 1 fully saturated rings. The maximum Gasteiger partial charge on any atom is 0.226 e. The highest BCUT2D eigenvalue weighted by Gasteiger charge is 2.26. The molecule has 1 saturated heterocycles. The van der Waals surface area contributed by atoms with E-state index in [0.717, 1.165) is 62.5 Å². The number of ether oxygens (including phenoxy) is 1. The number of hydrogen-bond acceptors (Lipinski definition) is 7. The largest absolute Gasteiger partial charge is 0.493 e. The number of piperidine rings is 1. The van der Waals surface area contributed by atoms with Crippen molar-refractivity contribution in [2.45, 2.75) is 45.4 Å². The van der Waals surface area contributed by atoms with E-state index in [9.17, 15) is 15.0 Å². The molecular formula is C29H40N4O4. The Hall–Kier alpha value is -2.97. The van der Waals surface area contributed by atoms with Gasteiger partial charge in [0.1, 0.15) is 5.75 Å². The van der Waals surface area contributed by atoms with Gasteiger partial charge in [0.05, 0.1) is 19.8 Å². The minimum Gasteiger partial charge on any atom is -0.493 e. The normalized spacial score (nSPS) is 18.4. The van der Waals surface area contributed by atoms with Gasteiger partial charge in [-0.2, -0.15) is 0 Å². The highest BCUT2D eigenvalue weighted by atomic mass is 16.5. The highest BCUT2D eigenvalue weighted by Crippen LogP contribution is 2.32. The predicted octanol–water partition coefficient (Wildman–Crippen LogP) is 3.33. The molecule has 37 heavy (non-hydrogen) atoms. The van der Waals surface area contributed by atoms with Crippen molar-refractivity contribution in [2.24, 2.45) is 11.8 Å². The summed E-state index contributed by atoms with van der Waals surface area (Å²) in [6, 6.07) is 8.28. The lowest BCUT2D eigenvalue weighted by Gasteiger charge is -2.31. The molecule has 2 aliphatic rings. The third-order valence-electron chi connectivity index (χ3n) is 7.52. The molecule has 0 bridgehead atoms. The number of aliphatic hydroxyl groups is 2. The van der Waals surface area contributed by atoms with Crippen LogP contribution in [-0.4, -0.2) is 77.0 Å². The Kier molecular flexibility index (Phi) is 9.91. The van der Waals surface area contributed by atoms with Gasteiger partial charge in [-0.25, -0.2) is 9.97 Å². The zero-order valence-electron chi connectivity index (χ0n) is 21.9. The quantitative estimate of drug-likeness (QED) is 0.480. The van der Waals surface area contributed by atoms with Gasteiger partial charge in [0.15, 0.2) is 0 Å². The van der Waals surface area contributed by atoms with Gasteiger partial charge in [0.2, 0.25) is 11.9 Å².